The normalized spacial score (nSPS) is 21.6. The lowest BCUT2D eigenvalue weighted by molar-refractivity contribution is -0.139. The maximum Gasteiger partial charge on any atom is 0.326 e. The Balaban J connectivity index is 2.33. The summed E-state index contributed by atoms with van der Waals surface area (Å²) in [6.07, 6.45) is 1.69. The number of carbonyl (C=O) groups excluding carboxylic acids is 1. The highest BCUT2D eigenvalue weighted by Crippen LogP contribution is 2.05. The highest BCUT2D eigenvalue weighted by atomic mass is 16.5. The number of carboxylic acid groups (broad SMARTS) is 1. The van der Waals surface area contributed by atoms with Gasteiger partial charge < -0.3 is 25.6 Å². The van der Waals surface area contributed by atoms with Crippen LogP contribution in [0, 0.1) is 0 Å². The number of aliphatic hydroxyl groups is 1. The molecule has 0 radical (unpaired) electrons. The summed E-state index contributed by atoms with van der Waals surface area (Å²) in [4.78, 5) is 22.2. The Morgan fingerprint density at radius 2 is 2.24 bits per heavy atom. The fourth-order valence-corrected chi connectivity index (χ4v) is 1.63. The third-order valence-corrected chi connectivity index (χ3v) is 2.52. The number of aliphatic carboxylic acids is 1. The molecule has 17 heavy (non-hydrogen) atoms. The number of rotatable bonds is 5. The van der Waals surface area contributed by atoms with Crippen molar-refractivity contribution in [3.63, 3.8) is 0 Å². The minimum atomic E-state index is -1.16. The molecular formula is C10H18N2O5. The molecule has 0 aliphatic carbocycles. The number of carboxylic acids is 1. The molecule has 4 N–H and O–H groups in total. The van der Waals surface area contributed by atoms with Crippen LogP contribution < -0.4 is 10.6 Å². The molecule has 7 nitrogen and oxygen atoms in total. The van der Waals surface area contributed by atoms with Gasteiger partial charge in [0.15, 0.2) is 0 Å². The van der Waals surface area contributed by atoms with Gasteiger partial charge in [-0.3, -0.25) is 0 Å². The van der Waals surface area contributed by atoms with E-state index >= 15 is 0 Å². The third kappa shape index (κ3) is 5.01. The number of aliphatic hydroxyl groups excluding tert-OH is 1. The minimum absolute atomic E-state index is 0.01000. The number of ether oxygens (including phenoxy) is 1. The van der Waals surface area contributed by atoms with Crippen LogP contribution in [0.25, 0.3) is 0 Å². The van der Waals surface area contributed by atoms with E-state index in [1.54, 1.807) is 0 Å². The van der Waals surface area contributed by atoms with Gasteiger partial charge in [-0.2, -0.15) is 0 Å². The van der Waals surface area contributed by atoms with Crippen molar-refractivity contribution in [2.24, 2.45) is 0 Å². The summed E-state index contributed by atoms with van der Waals surface area (Å²) < 4.78 is 5.18. The lowest BCUT2D eigenvalue weighted by atomic mass is 10.1. The molecule has 7 heteroatoms. The van der Waals surface area contributed by atoms with Crippen LogP contribution in [0.1, 0.15) is 19.3 Å². The second kappa shape index (κ2) is 7.08. The van der Waals surface area contributed by atoms with Crippen LogP contribution in [0.15, 0.2) is 0 Å². The third-order valence-electron chi connectivity index (χ3n) is 2.52. The summed E-state index contributed by atoms with van der Waals surface area (Å²) in [5.74, 6) is -1.16. The molecule has 0 aromatic heterocycles. The van der Waals surface area contributed by atoms with E-state index in [0.29, 0.717) is 13.2 Å². The van der Waals surface area contributed by atoms with Gasteiger partial charge in [-0.05, 0) is 12.8 Å². The summed E-state index contributed by atoms with van der Waals surface area (Å²) in [5.41, 5.74) is 0. The molecule has 1 fully saturated rings. The molecule has 1 heterocycles. The van der Waals surface area contributed by atoms with Gasteiger partial charge in [0, 0.05) is 19.6 Å². The van der Waals surface area contributed by atoms with Gasteiger partial charge in [0.25, 0.3) is 0 Å². The van der Waals surface area contributed by atoms with Crippen LogP contribution in [0.3, 0.4) is 0 Å². The number of hydrogen-bond acceptors (Lipinski definition) is 4. The topological polar surface area (TPSA) is 108 Å². The quantitative estimate of drug-likeness (QED) is 0.513. The van der Waals surface area contributed by atoms with Gasteiger partial charge in [-0.1, -0.05) is 0 Å². The minimum Gasteiger partial charge on any atom is -0.480 e. The molecule has 0 aromatic carbocycles. The largest absolute Gasteiger partial charge is 0.480 e. The first kappa shape index (κ1) is 13.7. The van der Waals surface area contributed by atoms with Gasteiger partial charge in [0.05, 0.1) is 12.6 Å². The second-order valence-corrected chi connectivity index (χ2v) is 3.93. The monoisotopic (exact) mass is 246 g/mol. The van der Waals surface area contributed by atoms with E-state index in [2.05, 4.69) is 10.6 Å². The zero-order chi connectivity index (χ0) is 12.7. The van der Waals surface area contributed by atoms with Gasteiger partial charge in [0.1, 0.15) is 6.04 Å². The van der Waals surface area contributed by atoms with Crippen molar-refractivity contribution in [2.75, 3.05) is 19.8 Å². The van der Waals surface area contributed by atoms with E-state index < -0.39 is 18.0 Å². The Kier molecular flexibility index (Phi) is 5.71. The lowest BCUT2D eigenvalue weighted by Gasteiger charge is -2.24. The van der Waals surface area contributed by atoms with Crippen molar-refractivity contribution in [1.82, 2.24) is 10.6 Å². The maximum absolute atomic E-state index is 11.5. The predicted molar refractivity (Wildman–Crippen MR) is 58.6 cm³/mol. The van der Waals surface area contributed by atoms with Gasteiger partial charge in [-0.15, -0.1) is 0 Å². The molecular weight excluding hydrogens is 228 g/mol. The Morgan fingerprint density at radius 3 is 2.76 bits per heavy atom. The summed E-state index contributed by atoms with van der Waals surface area (Å²) in [5, 5.41) is 22.4. The average Bonchev–Trinajstić information content (AvgIpc) is 2.29. The molecule has 2 unspecified atom stereocenters. The standard InChI is InChI=1S/C10H18N2O5/c13-4-3-8(9(14)15)12-10(16)11-7-2-1-5-17-6-7/h7-8,13H,1-6H2,(H,14,15)(H2,11,12,16). The van der Waals surface area contributed by atoms with Crippen LogP contribution in [0.5, 0.6) is 0 Å². The number of urea groups is 1. The average molecular weight is 246 g/mol. The molecule has 1 rings (SSSR count). The Labute approximate surface area is 99.1 Å². The smallest absolute Gasteiger partial charge is 0.326 e. The van der Waals surface area contributed by atoms with Crippen molar-refractivity contribution in [3.8, 4) is 0 Å². The molecule has 1 aliphatic heterocycles. The van der Waals surface area contributed by atoms with Gasteiger partial charge >= 0.3 is 12.0 Å². The number of nitrogens with one attached hydrogen (secondary N) is 2. The number of hydrogen-bond donors (Lipinski definition) is 4. The zero-order valence-electron chi connectivity index (χ0n) is 9.52. The SMILES string of the molecule is O=C(NC1CCCOC1)NC(CCO)C(=O)O. The van der Waals surface area contributed by atoms with Crippen molar-refractivity contribution in [1.29, 1.82) is 0 Å². The first-order valence-electron chi connectivity index (χ1n) is 5.62. The summed E-state index contributed by atoms with van der Waals surface area (Å²) in [6.45, 7) is 0.858. The van der Waals surface area contributed by atoms with Crippen LogP contribution >= 0.6 is 0 Å². The van der Waals surface area contributed by atoms with Crippen LogP contribution in [0.2, 0.25) is 0 Å². The predicted octanol–water partition coefficient (Wildman–Crippen LogP) is -0.700. The highest BCUT2D eigenvalue weighted by Gasteiger charge is 2.21. The van der Waals surface area contributed by atoms with E-state index in [-0.39, 0.29) is 19.1 Å². The molecule has 0 bridgehead atoms. The summed E-state index contributed by atoms with van der Waals surface area (Å²) >= 11 is 0. The maximum atomic E-state index is 11.5. The van der Waals surface area contributed by atoms with Gasteiger partial charge in [0.2, 0.25) is 0 Å². The Hall–Kier alpha value is -1.34. The molecule has 1 saturated heterocycles. The molecule has 1 aliphatic rings. The fraction of sp³-hybridized carbons (Fsp3) is 0.800. The lowest BCUT2D eigenvalue weighted by Crippen LogP contribution is -2.51. The van der Waals surface area contributed by atoms with Gasteiger partial charge in [-0.25, -0.2) is 9.59 Å². The Morgan fingerprint density at radius 1 is 1.47 bits per heavy atom. The zero-order valence-corrected chi connectivity index (χ0v) is 9.52. The van der Waals surface area contributed by atoms with Crippen LogP contribution in [0.4, 0.5) is 4.79 Å². The fourth-order valence-electron chi connectivity index (χ4n) is 1.63. The van der Waals surface area contributed by atoms with E-state index in [1.807, 2.05) is 0 Å². The summed E-state index contributed by atoms with van der Waals surface area (Å²) in [7, 11) is 0. The number of carbonyl (C=O) groups is 2. The highest BCUT2D eigenvalue weighted by molar-refractivity contribution is 5.82. The summed E-state index contributed by atoms with van der Waals surface area (Å²) in [6, 6.07) is -1.68. The second-order valence-electron chi connectivity index (χ2n) is 3.93. The first-order chi connectivity index (χ1) is 8.13. The van der Waals surface area contributed by atoms with E-state index in [1.165, 1.54) is 0 Å². The molecule has 2 atom stereocenters. The van der Waals surface area contributed by atoms with Crippen LogP contribution in [-0.4, -0.2) is 54.1 Å². The Bertz CT molecular complexity index is 265. The van der Waals surface area contributed by atoms with Crippen LogP contribution in [-0.2, 0) is 9.53 Å². The van der Waals surface area contributed by atoms with Crippen molar-refractivity contribution >= 4 is 12.0 Å². The van der Waals surface area contributed by atoms with Crippen molar-refractivity contribution < 1.29 is 24.5 Å². The number of amides is 2. The molecule has 98 valence electrons. The van der Waals surface area contributed by atoms with Crippen molar-refractivity contribution in [3.05, 3.63) is 0 Å². The van der Waals surface area contributed by atoms with Crippen molar-refractivity contribution in [2.45, 2.75) is 31.3 Å². The molecule has 0 spiro atoms. The first-order valence-corrected chi connectivity index (χ1v) is 5.62. The van der Waals surface area contributed by atoms with E-state index in [9.17, 15) is 9.59 Å². The van der Waals surface area contributed by atoms with E-state index in [0.717, 1.165) is 12.8 Å². The molecule has 0 saturated carbocycles. The molecule has 2 amide bonds. The molecule has 0 aromatic rings. The van der Waals surface area contributed by atoms with E-state index in [4.69, 9.17) is 14.9 Å².